The molecule has 0 aliphatic heterocycles. The van der Waals surface area contributed by atoms with E-state index < -0.39 is 6.10 Å². The Balaban J connectivity index is 2.17. The van der Waals surface area contributed by atoms with Crippen molar-refractivity contribution in [2.45, 2.75) is 26.1 Å². The van der Waals surface area contributed by atoms with Crippen molar-refractivity contribution in [3.63, 3.8) is 0 Å². The summed E-state index contributed by atoms with van der Waals surface area (Å²) in [6.45, 7) is 3.99. The third-order valence-corrected chi connectivity index (χ3v) is 3.40. The van der Waals surface area contributed by atoms with Crippen LogP contribution in [-0.2, 0) is 0 Å². The van der Waals surface area contributed by atoms with Crippen LogP contribution in [0.15, 0.2) is 48.5 Å². The lowest BCUT2D eigenvalue weighted by Gasteiger charge is -2.14. The van der Waals surface area contributed by atoms with Crippen LogP contribution in [0.2, 0.25) is 0 Å². The van der Waals surface area contributed by atoms with Gasteiger partial charge in [0.2, 0.25) is 0 Å². The van der Waals surface area contributed by atoms with Gasteiger partial charge in [0.15, 0.2) is 0 Å². The topological polar surface area (TPSA) is 29.5 Å². The van der Waals surface area contributed by atoms with Gasteiger partial charge in [-0.1, -0.05) is 24.3 Å². The molecule has 0 bridgehead atoms. The zero-order valence-corrected chi connectivity index (χ0v) is 13.2. The quantitative estimate of drug-likeness (QED) is 0.822. The molecule has 2 nitrogen and oxygen atoms in total. The molecule has 1 unspecified atom stereocenters. The number of ether oxygens (including phenoxy) is 1. The number of halogens is 1. The van der Waals surface area contributed by atoms with E-state index in [-0.39, 0.29) is 6.10 Å². The summed E-state index contributed by atoms with van der Waals surface area (Å²) < 4.78 is 6.71. The predicted molar refractivity (Wildman–Crippen MR) is 85.4 cm³/mol. The Hall–Kier alpha value is -1.07. The summed E-state index contributed by atoms with van der Waals surface area (Å²) in [5, 5.41) is 10.3. The standard InChI is InChI=1S/C16H17IO2/c1-11(2)19-15-8-6-12(7-9-15)16(18)13-4-3-5-14(17)10-13/h3-11,16,18H,1-2H3. The van der Waals surface area contributed by atoms with Crippen molar-refractivity contribution in [2.24, 2.45) is 0 Å². The van der Waals surface area contributed by atoms with Crippen LogP contribution in [0.5, 0.6) is 5.75 Å². The van der Waals surface area contributed by atoms with Gasteiger partial charge in [0.05, 0.1) is 6.10 Å². The normalized spacial score (nSPS) is 12.5. The molecule has 3 heteroatoms. The van der Waals surface area contributed by atoms with Crippen LogP contribution in [0.25, 0.3) is 0 Å². The van der Waals surface area contributed by atoms with Crippen LogP contribution < -0.4 is 4.74 Å². The summed E-state index contributed by atoms with van der Waals surface area (Å²) in [7, 11) is 0. The van der Waals surface area contributed by atoms with E-state index in [2.05, 4.69) is 22.6 Å². The van der Waals surface area contributed by atoms with Crippen LogP contribution in [-0.4, -0.2) is 11.2 Å². The molecule has 0 radical (unpaired) electrons. The minimum absolute atomic E-state index is 0.159. The van der Waals surface area contributed by atoms with Crippen LogP contribution in [0.4, 0.5) is 0 Å². The lowest BCUT2D eigenvalue weighted by Crippen LogP contribution is -2.06. The third-order valence-electron chi connectivity index (χ3n) is 2.73. The van der Waals surface area contributed by atoms with E-state index >= 15 is 0 Å². The van der Waals surface area contributed by atoms with Crippen molar-refractivity contribution >= 4 is 22.6 Å². The average Bonchev–Trinajstić information content (AvgIpc) is 2.38. The molecule has 19 heavy (non-hydrogen) atoms. The fraction of sp³-hybridized carbons (Fsp3) is 0.250. The summed E-state index contributed by atoms with van der Waals surface area (Å²) in [6.07, 6.45) is -0.436. The third kappa shape index (κ3) is 3.94. The molecule has 0 fully saturated rings. The van der Waals surface area contributed by atoms with Gasteiger partial charge in [0.25, 0.3) is 0 Å². The molecule has 2 rings (SSSR count). The number of aliphatic hydroxyl groups is 1. The lowest BCUT2D eigenvalue weighted by atomic mass is 10.0. The van der Waals surface area contributed by atoms with Gasteiger partial charge >= 0.3 is 0 Å². The molecule has 0 amide bonds. The van der Waals surface area contributed by atoms with Crippen LogP contribution in [0.3, 0.4) is 0 Å². The van der Waals surface area contributed by atoms with Gasteiger partial charge in [-0.15, -0.1) is 0 Å². The monoisotopic (exact) mass is 368 g/mol. The second-order valence-electron chi connectivity index (χ2n) is 4.69. The molecule has 0 spiro atoms. The minimum atomic E-state index is -0.595. The number of benzene rings is 2. The number of rotatable bonds is 4. The number of hydrogen-bond acceptors (Lipinski definition) is 2. The van der Waals surface area contributed by atoms with Crippen molar-refractivity contribution in [2.75, 3.05) is 0 Å². The van der Waals surface area contributed by atoms with E-state index in [0.29, 0.717) is 0 Å². The minimum Gasteiger partial charge on any atom is -0.491 e. The summed E-state index contributed by atoms with van der Waals surface area (Å²) in [5.41, 5.74) is 1.78. The Bertz CT molecular complexity index is 535. The highest BCUT2D eigenvalue weighted by atomic mass is 127. The second kappa shape index (κ2) is 6.39. The van der Waals surface area contributed by atoms with Gasteiger partial charge in [0.1, 0.15) is 11.9 Å². The lowest BCUT2D eigenvalue weighted by molar-refractivity contribution is 0.219. The number of aliphatic hydroxyl groups excluding tert-OH is 1. The maximum atomic E-state index is 10.3. The Morgan fingerprint density at radius 2 is 1.68 bits per heavy atom. The van der Waals surface area contributed by atoms with Gasteiger partial charge in [-0.05, 0) is 71.8 Å². The molecule has 0 aliphatic rings. The van der Waals surface area contributed by atoms with Crippen molar-refractivity contribution in [3.05, 3.63) is 63.2 Å². The highest BCUT2D eigenvalue weighted by molar-refractivity contribution is 14.1. The SMILES string of the molecule is CC(C)Oc1ccc(C(O)c2cccc(I)c2)cc1. The summed E-state index contributed by atoms with van der Waals surface area (Å²) in [5.74, 6) is 0.827. The maximum Gasteiger partial charge on any atom is 0.119 e. The van der Waals surface area contributed by atoms with Crippen molar-refractivity contribution in [1.82, 2.24) is 0 Å². The van der Waals surface area contributed by atoms with E-state index in [1.807, 2.05) is 62.4 Å². The molecule has 0 saturated carbocycles. The van der Waals surface area contributed by atoms with E-state index in [9.17, 15) is 5.11 Å². The first-order valence-electron chi connectivity index (χ1n) is 6.26. The van der Waals surface area contributed by atoms with Crippen molar-refractivity contribution in [3.8, 4) is 5.75 Å². The average molecular weight is 368 g/mol. The second-order valence-corrected chi connectivity index (χ2v) is 5.94. The fourth-order valence-corrected chi connectivity index (χ4v) is 2.44. The smallest absolute Gasteiger partial charge is 0.119 e. The van der Waals surface area contributed by atoms with E-state index in [1.54, 1.807) is 0 Å². The first kappa shape index (κ1) is 14.3. The van der Waals surface area contributed by atoms with Gasteiger partial charge in [-0.25, -0.2) is 0 Å². The zero-order valence-electron chi connectivity index (χ0n) is 11.0. The highest BCUT2D eigenvalue weighted by Crippen LogP contribution is 2.25. The molecule has 2 aromatic rings. The predicted octanol–water partition coefficient (Wildman–Crippen LogP) is 4.16. The largest absolute Gasteiger partial charge is 0.491 e. The maximum absolute atomic E-state index is 10.3. The van der Waals surface area contributed by atoms with Gasteiger partial charge in [-0.3, -0.25) is 0 Å². The van der Waals surface area contributed by atoms with Gasteiger partial charge in [0, 0.05) is 3.57 Å². The molecule has 1 N–H and O–H groups in total. The van der Waals surface area contributed by atoms with E-state index in [1.165, 1.54) is 0 Å². The molecule has 0 heterocycles. The van der Waals surface area contributed by atoms with Crippen molar-refractivity contribution < 1.29 is 9.84 Å². The molecule has 0 saturated heterocycles. The summed E-state index contributed by atoms with van der Waals surface area (Å²) >= 11 is 2.25. The van der Waals surface area contributed by atoms with Crippen LogP contribution in [0, 0.1) is 3.57 Å². The first-order chi connectivity index (χ1) is 9.06. The molecule has 0 aliphatic carbocycles. The Kier molecular flexibility index (Phi) is 4.82. The highest BCUT2D eigenvalue weighted by Gasteiger charge is 2.10. The molecule has 0 aromatic heterocycles. The number of hydrogen-bond donors (Lipinski definition) is 1. The fourth-order valence-electron chi connectivity index (χ4n) is 1.87. The molecular formula is C16H17IO2. The Morgan fingerprint density at radius 1 is 1.00 bits per heavy atom. The molecule has 1 atom stereocenters. The summed E-state index contributed by atoms with van der Waals surface area (Å²) in [6, 6.07) is 15.5. The van der Waals surface area contributed by atoms with Crippen LogP contribution >= 0.6 is 22.6 Å². The van der Waals surface area contributed by atoms with Gasteiger partial charge in [-0.2, -0.15) is 0 Å². The first-order valence-corrected chi connectivity index (χ1v) is 7.34. The van der Waals surface area contributed by atoms with E-state index in [0.717, 1.165) is 20.4 Å². The summed E-state index contributed by atoms with van der Waals surface area (Å²) in [4.78, 5) is 0. The molecular weight excluding hydrogens is 351 g/mol. The van der Waals surface area contributed by atoms with Gasteiger partial charge < -0.3 is 9.84 Å². The van der Waals surface area contributed by atoms with Crippen LogP contribution in [0.1, 0.15) is 31.1 Å². The Labute approximate surface area is 127 Å². The van der Waals surface area contributed by atoms with E-state index in [4.69, 9.17) is 4.74 Å². The molecule has 100 valence electrons. The van der Waals surface area contributed by atoms with Crippen molar-refractivity contribution in [1.29, 1.82) is 0 Å². The molecule has 2 aromatic carbocycles. The Morgan fingerprint density at radius 3 is 2.26 bits per heavy atom. The zero-order chi connectivity index (χ0) is 13.8.